The van der Waals surface area contributed by atoms with Crippen molar-refractivity contribution in [3.8, 4) is 40.0 Å². The van der Waals surface area contributed by atoms with E-state index in [1.165, 1.54) is 12.1 Å². The first-order chi connectivity index (χ1) is 17.0. The third-order valence-electron chi connectivity index (χ3n) is 6.06. The number of aromatic amines is 1. The summed E-state index contributed by atoms with van der Waals surface area (Å²) in [6.07, 6.45) is 8.47. The summed E-state index contributed by atoms with van der Waals surface area (Å²) in [5, 5.41) is 16.0. The van der Waals surface area contributed by atoms with Gasteiger partial charge in [0.2, 0.25) is 0 Å². The average Bonchev–Trinajstić information content (AvgIpc) is 3.36. The molecule has 0 unspecified atom stereocenters. The fourth-order valence-electron chi connectivity index (χ4n) is 4.21. The van der Waals surface area contributed by atoms with Crippen LogP contribution in [0.2, 0.25) is 0 Å². The summed E-state index contributed by atoms with van der Waals surface area (Å²) < 4.78 is 19.4. The Morgan fingerprint density at radius 2 is 1.77 bits per heavy atom. The molecule has 9 nitrogen and oxygen atoms in total. The normalized spacial score (nSPS) is 17.7. The van der Waals surface area contributed by atoms with Crippen molar-refractivity contribution in [3.05, 3.63) is 60.8 Å². The maximum absolute atomic E-state index is 13.5. The van der Waals surface area contributed by atoms with Crippen LogP contribution in [0.5, 0.6) is 6.01 Å². The summed E-state index contributed by atoms with van der Waals surface area (Å²) in [7, 11) is 0. The third kappa shape index (κ3) is 5.48. The molecule has 10 heteroatoms. The van der Waals surface area contributed by atoms with E-state index in [-0.39, 0.29) is 24.3 Å². The van der Waals surface area contributed by atoms with E-state index >= 15 is 0 Å². The Bertz CT molecular complexity index is 1300. The molecule has 3 aromatic heterocycles. The van der Waals surface area contributed by atoms with Crippen molar-refractivity contribution in [2.75, 3.05) is 0 Å². The minimum absolute atomic E-state index is 0.00178. The number of rotatable bonds is 7. The van der Waals surface area contributed by atoms with E-state index in [1.807, 2.05) is 12.1 Å². The number of hydrogen-bond donors (Lipinski definition) is 2. The molecule has 1 fully saturated rings. The molecule has 2 N–H and O–H groups in total. The molecule has 1 aliphatic carbocycles. The number of carboxylic acids is 1. The van der Waals surface area contributed by atoms with E-state index in [2.05, 4.69) is 30.1 Å². The molecular formula is C25H23FN6O3. The van der Waals surface area contributed by atoms with Gasteiger partial charge in [-0.05, 0) is 55.9 Å². The quantitative estimate of drug-likeness (QED) is 0.400. The summed E-state index contributed by atoms with van der Waals surface area (Å²) >= 11 is 0. The number of ether oxygens (including phenoxy) is 1. The topological polar surface area (TPSA) is 127 Å². The van der Waals surface area contributed by atoms with Crippen LogP contribution in [0.3, 0.4) is 0 Å². The van der Waals surface area contributed by atoms with Crippen LogP contribution in [0.15, 0.2) is 55.0 Å². The van der Waals surface area contributed by atoms with Gasteiger partial charge in [0.15, 0.2) is 11.6 Å². The van der Waals surface area contributed by atoms with Crippen molar-refractivity contribution in [1.82, 2.24) is 30.1 Å². The monoisotopic (exact) mass is 474 g/mol. The lowest BCUT2D eigenvalue weighted by Gasteiger charge is -2.27. The maximum Gasteiger partial charge on any atom is 0.316 e. The van der Waals surface area contributed by atoms with Crippen molar-refractivity contribution in [3.63, 3.8) is 0 Å². The van der Waals surface area contributed by atoms with Crippen molar-refractivity contribution < 1.29 is 19.0 Å². The Labute approximate surface area is 200 Å². The number of carbonyl (C=O) groups is 1. The molecule has 178 valence electrons. The molecule has 0 saturated heterocycles. The minimum atomic E-state index is -0.746. The van der Waals surface area contributed by atoms with Crippen molar-refractivity contribution in [1.29, 1.82) is 0 Å². The van der Waals surface area contributed by atoms with Gasteiger partial charge in [-0.25, -0.2) is 19.3 Å². The second-order valence-corrected chi connectivity index (χ2v) is 8.56. The molecule has 3 heterocycles. The van der Waals surface area contributed by atoms with Crippen LogP contribution in [0.1, 0.15) is 32.1 Å². The predicted octanol–water partition coefficient (Wildman–Crippen LogP) is 4.54. The number of benzene rings is 1. The zero-order valence-electron chi connectivity index (χ0n) is 18.8. The summed E-state index contributed by atoms with van der Waals surface area (Å²) in [4.78, 5) is 28.4. The number of aromatic nitrogens is 6. The number of H-pyrrole nitrogens is 1. The smallest absolute Gasteiger partial charge is 0.316 e. The van der Waals surface area contributed by atoms with Gasteiger partial charge in [-0.3, -0.25) is 14.9 Å². The van der Waals surface area contributed by atoms with Crippen LogP contribution in [0.4, 0.5) is 4.39 Å². The molecule has 0 amide bonds. The maximum atomic E-state index is 13.5. The first-order valence-electron chi connectivity index (χ1n) is 11.4. The Kier molecular flexibility index (Phi) is 6.42. The zero-order chi connectivity index (χ0) is 24.2. The molecule has 0 spiro atoms. The second kappa shape index (κ2) is 9.96. The molecule has 0 radical (unpaired) electrons. The lowest BCUT2D eigenvalue weighted by molar-refractivity contribution is -0.138. The highest BCUT2D eigenvalue weighted by Gasteiger charge is 2.24. The molecule has 0 aliphatic heterocycles. The number of nitrogens with zero attached hydrogens (tertiary/aromatic N) is 5. The van der Waals surface area contributed by atoms with Crippen LogP contribution in [-0.2, 0) is 4.79 Å². The van der Waals surface area contributed by atoms with Gasteiger partial charge in [-0.15, -0.1) is 0 Å². The van der Waals surface area contributed by atoms with E-state index in [4.69, 9.17) is 9.84 Å². The van der Waals surface area contributed by atoms with Gasteiger partial charge in [0, 0.05) is 41.7 Å². The Morgan fingerprint density at radius 3 is 2.46 bits per heavy atom. The highest BCUT2D eigenvalue weighted by atomic mass is 19.1. The Morgan fingerprint density at radius 1 is 1.00 bits per heavy atom. The van der Waals surface area contributed by atoms with Crippen LogP contribution in [-0.4, -0.2) is 47.3 Å². The first kappa shape index (κ1) is 22.6. The van der Waals surface area contributed by atoms with E-state index in [0.717, 1.165) is 31.2 Å². The number of halogens is 1. The Hall–Kier alpha value is -4.21. The van der Waals surface area contributed by atoms with Crippen LogP contribution in [0, 0.1) is 11.7 Å². The molecule has 1 saturated carbocycles. The molecule has 0 atom stereocenters. The Balaban J connectivity index is 1.20. The van der Waals surface area contributed by atoms with Gasteiger partial charge in [0.05, 0.1) is 5.69 Å². The number of hydrogen-bond acceptors (Lipinski definition) is 7. The van der Waals surface area contributed by atoms with Crippen LogP contribution in [0.25, 0.3) is 34.0 Å². The summed E-state index contributed by atoms with van der Waals surface area (Å²) in [6.45, 7) is 0. The van der Waals surface area contributed by atoms with E-state index in [0.29, 0.717) is 34.5 Å². The number of aliphatic carboxylic acids is 1. The first-order valence-corrected chi connectivity index (χ1v) is 11.4. The van der Waals surface area contributed by atoms with Crippen molar-refractivity contribution in [2.24, 2.45) is 5.92 Å². The van der Waals surface area contributed by atoms with E-state index < -0.39 is 5.97 Å². The SMILES string of the molecule is O=C(O)CC1CCC(Oc2ncc(-c3ccc(-c4n[nH]c(-c5cccc(F)c5)n4)cn3)cn2)CC1. The fraction of sp³-hybridized carbons (Fsp3) is 0.280. The predicted molar refractivity (Wildman–Crippen MR) is 125 cm³/mol. The van der Waals surface area contributed by atoms with Gasteiger partial charge in [-0.1, -0.05) is 12.1 Å². The standard InChI is InChI=1S/C25H23FN6O3/c26-19-3-1-2-16(11-19)23-30-24(32-31-23)17-6-9-21(27-12-17)18-13-28-25(29-14-18)35-20-7-4-15(5-8-20)10-22(33)34/h1-3,6,9,11-15,20H,4-5,7-8,10H2,(H,33,34)(H,30,31,32). The van der Waals surface area contributed by atoms with E-state index in [1.54, 1.807) is 30.7 Å². The fourth-order valence-corrected chi connectivity index (χ4v) is 4.21. The summed E-state index contributed by atoms with van der Waals surface area (Å²) in [5.74, 6) is 0.0657. The van der Waals surface area contributed by atoms with Gasteiger partial charge in [-0.2, -0.15) is 5.10 Å². The van der Waals surface area contributed by atoms with Gasteiger partial charge in [0.1, 0.15) is 11.9 Å². The molecule has 35 heavy (non-hydrogen) atoms. The summed E-state index contributed by atoms with van der Waals surface area (Å²) in [6, 6.07) is 10.1. The summed E-state index contributed by atoms with van der Waals surface area (Å²) in [5.41, 5.74) is 2.76. The molecule has 1 aliphatic rings. The number of pyridine rings is 1. The lowest BCUT2D eigenvalue weighted by atomic mass is 9.85. The van der Waals surface area contributed by atoms with E-state index in [9.17, 15) is 9.18 Å². The van der Waals surface area contributed by atoms with Crippen LogP contribution >= 0.6 is 0 Å². The van der Waals surface area contributed by atoms with Gasteiger partial charge >= 0.3 is 12.0 Å². The highest BCUT2D eigenvalue weighted by molar-refractivity contribution is 5.67. The molecule has 0 bridgehead atoms. The second-order valence-electron chi connectivity index (χ2n) is 8.56. The molecular weight excluding hydrogens is 451 g/mol. The van der Waals surface area contributed by atoms with Crippen molar-refractivity contribution >= 4 is 5.97 Å². The molecule has 4 aromatic rings. The van der Waals surface area contributed by atoms with Crippen LogP contribution < -0.4 is 4.74 Å². The molecule has 5 rings (SSSR count). The lowest BCUT2D eigenvalue weighted by Crippen LogP contribution is -2.25. The highest BCUT2D eigenvalue weighted by Crippen LogP contribution is 2.29. The van der Waals surface area contributed by atoms with Gasteiger partial charge < -0.3 is 9.84 Å². The minimum Gasteiger partial charge on any atom is -0.481 e. The zero-order valence-corrected chi connectivity index (χ0v) is 18.8. The third-order valence-corrected chi connectivity index (χ3v) is 6.06. The average molecular weight is 474 g/mol. The largest absolute Gasteiger partial charge is 0.481 e. The number of carboxylic acid groups (broad SMARTS) is 1. The molecule has 1 aromatic carbocycles. The van der Waals surface area contributed by atoms with Crippen molar-refractivity contribution in [2.45, 2.75) is 38.2 Å². The van der Waals surface area contributed by atoms with Gasteiger partial charge in [0.25, 0.3) is 0 Å². The number of nitrogens with one attached hydrogen (secondary N) is 1.